The molecule has 0 bridgehead atoms. The topological polar surface area (TPSA) is 74.7 Å². The summed E-state index contributed by atoms with van der Waals surface area (Å²) in [5.74, 6) is -0.132. The Morgan fingerprint density at radius 2 is 1.97 bits per heavy atom. The number of allylic oxidation sites excluding steroid dienone is 1. The van der Waals surface area contributed by atoms with Crippen LogP contribution in [0, 0.1) is 13.8 Å². The van der Waals surface area contributed by atoms with Crippen molar-refractivity contribution in [2.45, 2.75) is 26.9 Å². The number of nitrogens with zero attached hydrogens (tertiary/aromatic N) is 5. The molecule has 0 aliphatic carbocycles. The average molecular weight is 387 g/mol. The Kier molecular flexibility index (Phi) is 4.72. The lowest BCUT2D eigenvalue weighted by Crippen LogP contribution is -2.25. The molecule has 0 aliphatic rings. The summed E-state index contributed by atoms with van der Waals surface area (Å²) in [6.07, 6.45) is 4.70. The van der Waals surface area contributed by atoms with E-state index >= 15 is 0 Å². The highest BCUT2D eigenvalue weighted by atomic mass is 16.1. The van der Waals surface area contributed by atoms with Crippen molar-refractivity contribution in [3.05, 3.63) is 88.9 Å². The van der Waals surface area contributed by atoms with Crippen LogP contribution in [0.2, 0.25) is 0 Å². The van der Waals surface area contributed by atoms with Gasteiger partial charge in [0.2, 0.25) is 0 Å². The van der Waals surface area contributed by atoms with Crippen molar-refractivity contribution in [3.8, 4) is 5.69 Å². The number of Topliss-reactive ketones (excluding diaryl/α,β-unsaturated/α-hetero) is 1. The van der Waals surface area contributed by atoms with Gasteiger partial charge in [-0.15, -0.1) is 6.58 Å². The Bertz CT molecular complexity index is 1280. The lowest BCUT2D eigenvalue weighted by molar-refractivity contribution is 0.0970. The number of hydrogen-bond donors (Lipinski definition) is 0. The largest absolute Gasteiger partial charge is 0.345 e. The number of aryl methyl sites for hydroxylation is 1. The third kappa shape index (κ3) is 3.20. The first kappa shape index (κ1) is 18.6. The van der Waals surface area contributed by atoms with E-state index in [1.54, 1.807) is 10.8 Å². The van der Waals surface area contributed by atoms with Crippen LogP contribution >= 0.6 is 0 Å². The minimum absolute atomic E-state index is 0.0727. The van der Waals surface area contributed by atoms with Crippen LogP contribution in [-0.4, -0.2) is 29.7 Å². The molecule has 0 fully saturated rings. The van der Waals surface area contributed by atoms with Crippen molar-refractivity contribution in [2.75, 3.05) is 0 Å². The number of rotatable bonds is 6. The Morgan fingerprint density at radius 3 is 2.69 bits per heavy atom. The summed E-state index contributed by atoms with van der Waals surface area (Å²) < 4.78 is 4.97. The van der Waals surface area contributed by atoms with Gasteiger partial charge in [-0.1, -0.05) is 24.3 Å². The minimum Gasteiger partial charge on any atom is -0.345 e. The van der Waals surface area contributed by atoms with Gasteiger partial charge in [0.15, 0.2) is 11.4 Å². The zero-order chi connectivity index (χ0) is 20.5. The molecular weight excluding hydrogens is 366 g/mol. The van der Waals surface area contributed by atoms with E-state index in [0.29, 0.717) is 23.1 Å². The molecular formula is C22H21N5O2. The highest BCUT2D eigenvalue weighted by Crippen LogP contribution is 2.17. The zero-order valence-corrected chi connectivity index (χ0v) is 16.4. The van der Waals surface area contributed by atoms with Crippen molar-refractivity contribution in [1.82, 2.24) is 23.9 Å². The van der Waals surface area contributed by atoms with Crippen LogP contribution in [0.15, 0.2) is 66.4 Å². The molecule has 3 aromatic heterocycles. The van der Waals surface area contributed by atoms with Gasteiger partial charge in [-0.3, -0.25) is 14.2 Å². The normalized spacial score (nSPS) is 11.1. The smallest absolute Gasteiger partial charge is 0.264 e. The van der Waals surface area contributed by atoms with E-state index in [9.17, 15) is 9.59 Å². The van der Waals surface area contributed by atoms with E-state index in [1.165, 1.54) is 17.1 Å². The molecule has 0 saturated heterocycles. The number of carbonyl (C=O) groups excluding carboxylic acids is 1. The lowest BCUT2D eigenvalue weighted by Gasteiger charge is -2.08. The number of hydrogen-bond acceptors (Lipinski definition) is 4. The first-order valence-corrected chi connectivity index (χ1v) is 9.30. The molecule has 0 aliphatic heterocycles. The Labute approximate surface area is 167 Å². The third-order valence-corrected chi connectivity index (χ3v) is 5.05. The van der Waals surface area contributed by atoms with E-state index in [-0.39, 0.29) is 17.9 Å². The fourth-order valence-electron chi connectivity index (χ4n) is 3.55. The molecule has 4 rings (SSSR count). The average Bonchev–Trinajstić information content (AvgIpc) is 3.28. The lowest BCUT2D eigenvalue weighted by atomic mass is 10.1. The van der Waals surface area contributed by atoms with E-state index < -0.39 is 0 Å². The molecule has 0 atom stereocenters. The molecule has 146 valence electrons. The van der Waals surface area contributed by atoms with E-state index in [1.807, 2.05) is 54.8 Å². The Morgan fingerprint density at radius 1 is 1.21 bits per heavy atom. The van der Waals surface area contributed by atoms with Gasteiger partial charge in [-0.2, -0.15) is 5.10 Å². The van der Waals surface area contributed by atoms with Crippen LogP contribution in [0.3, 0.4) is 0 Å². The molecule has 0 spiro atoms. The maximum Gasteiger partial charge on any atom is 0.264 e. The standard InChI is InChI=1S/C22H21N5O2/c1-4-10-26-15(2)11-18(16(26)3)20(28)13-25-14-23-21-19(22(25)29)12-24-27(21)17-8-6-5-7-9-17/h4-9,11-12,14H,1,10,13H2,2-3H3. The summed E-state index contributed by atoms with van der Waals surface area (Å²) in [4.78, 5) is 30.2. The SMILES string of the molecule is C=CCn1c(C)cc(C(=O)Cn2cnc3c(cnn3-c3ccccc3)c2=O)c1C. The van der Waals surface area contributed by atoms with Crippen molar-refractivity contribution in [3.63, 3.8) is 0 Å². The van der Waals surface area contributed by atoms with Gasteiger partial charge < -0.3 is 4.57 Å². The summed E-state index contributed by atoms with van der Waals surface area (Å²) in [5, 5.41) is 4.67. The second-order valence-electron chi connectivity index (χ2n) is 6.91. The summed E-state index contributed by atoms with van der Waals surface area (Å²) in [6.45, 7) is 8.17. The number of para-hydroxylation sites is 1. The number of fused-ring (bicyclic) bond motifs is 1. The van der Waals surface area contributed by atoms with Crippen LogP contribution in [0.1, 0.15) is 21.7 Å². The monoisotopic (exact) mass is 387 g/mol. The maximum absolute atomic E-state index is 12.9. The zero-order valence-electron chi connectivity index (χ0n) is 16.4. The number of aromatic nitrogens is 5. The van der Waals surface area contributed by atoms with Gasteiger partial charge in [0.05, 0.1) is 18.4 Å². The van der Waals surface area contributed by atoms with Crippen LogP contribution in [0.4, 0.5) is 0 Å². The van der Waals surface area contributed by atoms with Crippen molar-refractivity contribution in [1.29, 1.82) is 0 Å². The molecule has 29 heavy (non-hydrogen) atoms. The van der Waals surface area contributed by atoms with Crippen molar-refractivity contribution >= 4 is 16.8 Å². The molecule has 0 amide bonds. The van der Waals surface area contributed by atoms with Gasteiger partial charge in [0.1, 0.15) is 11.7 Å². The van der Waals surface area contributed by atoms with Crippen LogP contribution < -0.4 is 5.56 Å². The van der Waals surface area contributed by atoms with Gasteiger partial charge in [0, 0.05) is 23.5 Å². The highest BCUT2D eigenvalue weighted by molar-refractivity contribution is 5.97. The molecule has 1 aromatic carbocycles. The Hall–Kier alpha value is -3.74. The quantitative estimate of drug-likeness (QED) is 0.376. The van der Waals surface area contributed by atoms with Gasteiger partial charge in [0.25, 0.3) is 5.56 Å². The fraction of sp³-hybridized carbons (Fsp3) is 0.182. The van der Waals surface area contributed by atoms with Gasteiger partial charge in [-0.25, -0.2) is 9.67 Å². The van der Waals surface area contributed by atoms with Crippen molar-refractivity contribution < 1.29 is 4.79 Å². The van der Waals surface area contributed by atoms with E-state index in [4.69, 9.17) is 0 Å². The first-order valence-electron chi connectivity index (χ1n) is 9.30. The van der Waals surface area contributed by atoms with Gasteiger partial charge >= 0.3 is 0 Å². The number of carbonyl (C=O) groups is 1. The highest BCUT2D eigenvalue weighted by Gasteiger charge is 2.18. The summed E-state index contributed by atoms with van der Waals surface area (Å²) >= 11 is 0. The predicted octanol–water partition coefficient (Wildman–Crippen LogP) is 3.07. The second-order valence-corrected chi connectivity index (χ2v) is 6.91. The second kappa shape index (κ2) is 7.35. The fourth-order valence-corrected chi connectivity index (χ4v) is 3.55. The minimum atomic E-state index is -0.287. The predicted molar refractivity (Wildman–Crippen MR) is 112 cm³/mol. The molecule has 0 unspecified atom stereocenters. The summed E-state index contributed by atoms with van der Waals surface area (Å²) in [6, 6.07) is 11.3. The molecule has 0 saturated carbocycles. The third-order valence-electron chi connectivity index (χ3n) is 5.05. The molecule has 0 radical (unpaired) electrons. The molecule has 4 aromatic rings. The van der Waals surface area contributed by atoms with Crippen LogP contribution in [0.25, 0.3) is 16.7 Å². The van der Waals surface area contributed by atoms with Gasteiger partial charge in [-0.05, 0) is 32.0 Å². The molecule has 7 heteroatoms. The van der Waals surface area contributed by atoms with Crippen LogP contribution in [-0.2, 0) is 13.1 Å². The summed E-state index contributed by atoms with van der Waals surface area (Å²) in [5.41, 5.74) is 3.45. The molecule has 0 N–H and O–H groups in total. The summed E-state index contributed by atoms with van der Waals surface area (Å²) in [7, 11) is 0. The molecule has 7 nitrogen and oxygen atoms in total. The maximum atomic E-state index is 12.9. The number of benzene rings is 1. The molecule has 3 heterocycles. The van der Waals surface area contributed by atoms with E-state index in [0.717, 1.165) is 17.1 Å². The Balaban J connectivity index is 1.68. The van der Waals surface area contributed by atoms with Crippen molar-refractivity contribution in [2.24, 2.45) is 0 Å². The first-order chi connectivity index (χ1) is 14.0. The number of ketones is 1. The van der Waals surface area contributed by atoms with E-state index in [2.05, 4.69) is 16.7 Å². The van der Waals surface area contributed by atoms with Crippen LogP contribution in [0.5, 0.6) is 0 Å².